The maximum Gasteiger partial charge on any atom is 0.138 e. The van der Waals surface area contributed by atoms with Gasteiger partial charge in [0.1, 0.15) is 17.4 Å². The fourth-order valence-electron chi connectivity index (χ4n) is 1.95. The van der Waals surface area contributed by atoms with Crippen molar-refractivity contribution in [2.24, 2.45) is 0 Å². The lowest BCUT2D eigenvalue weighted by atomic mass is 10.1. The number of furan rings is 1. The molecule has 3 aromatic rings. The van der Waals surface area contributed by atoms with Gasteiger partial charge in [0.05, 0.1) is 2.88 Å². The van der Waals surface area contributed by atoms with E-state index < -0.39 is 6.10 Å². The second kappa shape index (κ2) is 4.68. The third-order valence-electron chi connectivity index (χ3n) is 2.86. The van der Waals surface area contributed by atoms with E-state index in [9.17, 15) is 5.11 Å². The van der Waals surface area contributed by atoms with Crippen molar-refractivity contribution in [1.82, 2.24) is 0 Å². The van der Waals surface area contributed by atoms with Crippen molar-refractivity contribution >= 4 is 44.9 Å². The van der Waals surface area contributed by atoms with Crippen LogP contribution in [0.4, 0.5) is 0 Å². The third kappa shape index (κ3) is 2.20. The van der Waals surface area contributed by atoms with Crippen LogP contribution in [-0.4, -0.2) is 5.11 Å². The van der Waals surface area contributed by atoms with Gasteiger partial charge in [-0.05, 0) is 64.7 Å². The molecule has 4 heteroatoms. The number of aliphatic hydroxyl groups is 1. The predicted molar refractivity (Wildman–Crippen MR) is 82.0 cm³/mol. The number of hydrogen-bond donors (Lipinski definition) is 1. The Balaban J connectivity index is 2.03. The van der Waals surface area contributed by atoms with E-state index in [0.717, 1.165) is 19.4 Å². The molecule has 1 aromatic carbocycles. The van der Waals surface area contributed by atoms with Crippen LogP contribution < -0.4 is 0 Å². The van der Waals surface area contributed by atoms with E-state index >= 15 is 0 Å². The average molecular weight is 370 g/mol. The van der Waals surface area contributed by atoms with Gasteiger partial charge in [0.25, 0.3) is 0 Å². The molecule has 0 saturated carbocycles. The highest BCUT2D eigenvalue weighted by molar-refractivity contribution is 14.1. The van der Waals surface area contributed by atoms with E-state index in [1.165, 1.54) is 5.56 Å². The fourth-order valence-corrected chi connectivity index (χ4v) is 3.34. The monoisotopic (exact) mass is 370 g/mol. The number of rotatable bonds is 2. The summed E-state index contributed by atoms with van der Waals surface area (Å²) in [7, 11) is 0. The first-order valence-corrected chi connectivity index (χ1v) is 7.51. The maximum atomic E-state index is 10.3. The summed E-state index contributed by atoms with van der Waals surface area (Å²) in [4.78, 5) is 0. The van der Waals surface area contributed by atoms with Gasteiger partial charge in [-0.15, -0.1) is 11.3 Å². The highest BCUT2D eigenvalue weighted by Crippen LogP contribution is 2.31. The molecular weight excluding hydrogens is 359 g/mol. The Morgan fingerprint density at radius 1 is 1.28 bits per heavy atom. The highest BCUT2D eigenvalue weighted by Gasteiger charge is 2.16. The molecule has 2 aromatic heterocycles. The van der Waals surface area contributed by atoms with E-state index in [1.54, 1.807) is 11.3 Å². The summed E-state index contributed by atoms with van der Waals surface area (Å²) in [6.07, 6.45) is -0.683. The lowest BCUT2D eigenvalue weighted by molar-refractivity contribution is 0.192. The van der Waals surface area contributed by atoms with Crippen LogP contribution in [0.1, 0.15) is 23.0 Å². The maximum absolute atomic E-state index is 10.3. The third-order valence-corrected chi connectivity index (χ3v) is 4.67. The first-order valence-electron chi connectivity index (χ1n) is 5.55. The average Bonchev–Trinajstić information content (AvgIpc) is 2.93. The van der Waals surface area contributed by atoms with Crippen molar-refractivity contribution in [2.75, 3.05) is 0 Å². The van der Waals surface area contributed by atoms with Crippen molar-refractivity contribution in [3.8, 4) is 0 Å². The summed E-state index contributed by atoms with van der Waals surface area (Å²) in [5, 5.41) is 13.3. The molecule has 92 valence electrons. The van der Waals surface area contributed by atoms with Gasteiger partial charge >= 0.3 is 0 Å². The number of aryl methyl sites for hydroxylation is 1. The molecule has 1 N–H and O–H groups in total. The van der Waals surface area contributed by atoms with Crippen LogP contribution in [0.5, 0.6) is 0 Å². The van der Waals surface area contributed by atoms with Gasteiger partial charge in [0, 0.05) is 5.39 Å². The topological polar surface area (TPSA) is 33.4 Å². The first kappa shape index (κ1) is 12.2. The number of thiophene rings is 1. The van der Waals surface area contributed by atoms with Gasteiger partial charge in [0.2, 0.25) is 0 Å². The van der Waals surface area contributed by atoms with Crippen LogP contribution >= 0.6 is 33.9 Å². The first-order chi connectivity index (χ1) is 8.63. The number of hydrogen-bond acceptors (Lipinski definition) is 3. The molecule has 1 atom stereocenters. The van der Waals surface area contributed by atoms with Crippen LogP contribution in [0.3, 0.4) is 0 Å². The van der Waals surface area contributed by atoms with Crippen LogP contribution in [0.25, 0.3) is 11.0 Å². The molecule has 0 saturated heterocycles. The largest absolute Gasteiger partial charge is 0.458 e. The molecule has 0 spiro atoms. The number of halogens is 1. The normalized spacial score (nSPS) is 13.1. The Morgan fingerprint density at radius 3 is 2.83 bits per heavy atom. The van der Waals surface area contributed by atoms with Crippen LogP contribution in [-0.2, 0) is 0 Å². The molecule has 0 aliphatic heterocycles. The van der Waals surface area contributed by atoms with E-state index in [0.29, 0.717) is 5.76 Å². The van der Waals surface area contributed by atoms with Gasteiger partial charge in [-0.1, -0.05) is 11.6 Å². The Morgan fingerprint density at radius 2 is 2.11 bits per heavy atom. The lowest BCUT2D eigenvalue weighted by Crippen LogP contribution is -1.95. The summed E-state index contributed by atoms with van der Waals surface area (Å²) in [6.45, 7) is 2.05. The van der Waals surface area contributed by atoms with Gasteiger partial charge in [-0.25, -0.2) is 0 Å². The zero-order valence-electron chi connectivity index (χ0n) is 9.68. The minimum atomic E-state index is -0.683. The number of fused-ring (bicyclic) bond motifs is 1. The Labute approximate surface area is 122 Å². The van der Waals surface area contributed by atoms with Crippen molar-refractivity contribution in [3.05, 3.63) is 55.5 Å². The standard InChI is InChI=1S/C14H11IO2S/c1-8-2-3-11-9(4-8)5-12(17-11)14(16)10-6-13(15)18-7-10/h2-7,14,16H,1H3. The van der Waals surface area contributed by atoms with Crippen molar-refractivity contribution in [1.29, 1.82) is 0 Å². The van der Waals surface area contributed by atoms with Gasteiger partial charge in [-0.2, -0.15) is 0 Å². The molecule has 2 nitrogen and oxygen atoms in total. The smallest absolute Gasteiger partial charge is 0.138 e. The highest BCUT2D eigenvalue weighted by atomic mass is 127. The molecule has 18 heavy (non-hydrogen) atoms. The van der Waals surface area contributed by atoms with E-state index in [2.05, 4.69) is 28.7 Å². The molecule has 0 aliphatic carbocycles. The van der Waals surface area contributed by atoms with E-state index in [1.807, 2.05) is 36.6 Å². The molecule has 0 bridgehead atoms. The summed E-state index contributed by atoms with van der Waals surface area (Å²) < 4.78 is 6.86. The van der Waals surface area contributed by atoms with Crippen molar-refractivity contribution in [2.45, 2.75) is 13.0 Å². The fraction of sp³-hybridized carbons (Fsp3) is 0.143. The zero-order chi connectivity index (χ0) is 12.7. The number of aliphatic hydroxyl groups excluding tert-OH is 1. The number of benzene rings is 1. The van der Waals surface area contributed by atoms with Crippen molar-refractivity contribution in [3.63, 3.8) is 0 Å². The Bertz CT molecular complexity index is 699. The zero-order valence-corrected chi connectivity index (χ0v) is 12.7. The predicted octanol–water partition coefficient (Wildman–Crippen LogP) is 4.49. The van der Waals surface area contributed by atoms with Crippen molar-refractivity contribution < 1.29 is 9.52 Å². The Hall–Kier alpha value is -0.850. The van der Waals surface area contributed by atoms with E-state index in [4.69, 9.17) is 4.42 Å². The van der Waals surface area contributed by atoms with Crippen LogP contribution in [0, 0.1) is 9.81 Å². The molecular formula is C14H11IO2S. The molecule has 0 radical (unpaired) electrons. The van der Waals surface area contributed by atoms with Crippen LogP contribution in [0.2, 0.25) is 0 Å². The molecule has 0 aliphatic rings. The summed E-state index contributed by atoms with van der Waals surface area (Å²) in [5.74, 6) is 0.602. The summed E-state index contributed by atoms with van der Waals surface area (Å²) in [6, 6.07) is 9.91. The van der Waals surface area contributed by atoms with Gasteiger partial charge in [-0.3, -0.25) is 0 Å². The van der Waals surface area contributed by atoms with Gasteiger partial charge in [0.15, 0.2) is 0 Å². The minimum absolute atomic E-state index is 0.602. The molecule has 0 amide bonds. The SMILES string of the molecule is Cc1ccc2oc(C(O)c3csc(I)c3)cc2c1. The van der Waals surface area contributed by atoms with Gasteiger partial charge < -0.3 is 9.52 Å². The quantitative estimate of drug-likeness (QED) is 0.675. The second-order valence-corrected chi connectivity index (χ2v) is 7.08. The molecule has 1 unspecified atom stereocenters. The molecule has 3 rings (SSSR count). The van der Waals surface area contributed by atoms with E-state index in [-0.39, 0.29) is 0 Å². The second-order valence-electron chi connectivity index (χ2n) is 4.28. The van der Waals surface area contributed by atoms with Crippen LogP contribution in [0.15, 0.2) is 40.1 Å². The lowest BCUT2D eigenvalue weighted by Gasteiger charge is -2.03. The minimum Gasteiger partial charge on any atom is -0.458 e. The summed E-state index contributed by atoms with van der Waals surface area (Å²) >= 11 is 3.87. The molecule has 2 heterocycles. The summed E-state index contributed by atoms with van der Waals surface area (Å²) in [5.41, 5.74) is 2.90. The molecule has 0 fully saturated rings. The Kier molecular flexibility index (Phi) is 3.17.